The highest BCUT2D eigenvalue weighted by Crippen LogP contribution is 2.22. The Bertz CT molecular complexity index is 900. The molecule has 0 amide bonds. The van der Waals surface area contributed by atoms with Crippen LogP contribution in [0.15, 0.2) is 59.1 Å². The first-order valence-corrected chi connectivity index (χ1v) is 9.23. The number of benzene rings is 2. The molecule has 6 nitrogen and oxygen atoms in total. The van der Waals surface area contributed by atoms with Gasteiger partial charge in [-0.25, -0.2) is 13.2 Å². The van der Waals surface area contributed by atoms with Crippen LogP contribution in [-0.4, -0.2) is 40.0 Å². The van der Waals surface area contributed by atoms with Gasteiger partial charge in [0, 0.05) is 7.05 Å². The summed E-state index contributed by atoms with van der Waals surface area (Å²) in [5.41, 5.74) is 1.48. The molecule has 0 saturated carbocycles. The number of ether oxygens (including phenoxy) is 2. The molecule has 0 atom stereocenters. The molecule has 0 aromatic heterocycles. The van der Waals surface area contributed by atoms with Crippen molar-refractivity contribution in [3.05, 3.63) is 65.4 Å². The molecule has 0 unspecified atom stereocenters. The first-order valence-electron chi connectivity index (χ1n) is 7.79. The van der Waals surface area contributed by atoms with Crippen LogP contribution in [0.4, 0.5) is 0 Å². The molecular formula is C19H21NO5S. The second kappa shape index (κ2) is 8.05. The molecule has 0 radical (unpaired) electrons. The van der Waals surface area contributed by atoms with Crippen molar-refractivity contribution in [3.63, 3.8) is 0 Å². The summed E-state index contributed by atoms with van der Waals surface area (Å²) in [6, 6.07) is 13.3. The summed E-state index contributed by atoms with van der Waals surface area (Å²) in [5.74, 6) is -0.0959. The van der Waals surface area contributed by atoms with E-state index < -0.39 is 16.0 Å². The highest BCUT2D eigenvalue weighted by Gasteiger charge is 2.27. The summed E-state index contributed by atoms with van der Waals surface area (Å²) in [4.78, 5) is 12.3. The molecule has 0 N–H and O–H groups in total. The minimum absolute atomic E-state index is 0.0927. The standard InChI is InChI=1S/C19H21NO5S/c1-14-5-11-17(12-6-14)26(22,23)20(2)18(19(21)25-4)13-15-7-9-16(24-3)10-8-15/h5-13H,1-4H3/b18-13-. The Morgan fingerprint density at radius 3 is 2.08 bits per heavy atom. The van der Waals surface area contributed by atoms with E-state index in [1.807, 2.05) is 6.92 Å². The maximum Gasteiger partial charge on any atom is 0.355 e. The van der Waals surface area contributed by atoms with Gasteiger partial charge in [-0.3, -0.25) is 4.31 Å². The summed E-state index contributed by atoms with van der Waals surface area (Å²) in [5, 5.41) is 0. The Balaban J connectivity index is 2.46. The number of hydrogen-bond donors (Lipinski definition) is 0. The number of hydrogen-bond acceptors (Lipinski definition) is 5. The van der Waals surface area contributed by atoms with Gasteiger partial charge in [0.25, 0.3) is 10.0 Å². The van der Waals surface area contributed by atoms with Crippen LogP contribution in [0.1, 0.15) is 11.1 Å². The quantitative estimate of drug-likeness (QED) is 0.573. The van der Waals surface area contributed by atoms with Gasteiger partial charge < -0.3 is 9.47 Å². The third kappa shape index (κ3) is 4.23. The fraction of sp³-hybridized carbons (Fsp3) is 0.211. The van der Waals surface area contributed by atoms with Crippen molar-refractivity contribution < 1.29 is 22.7 Å². The fourth-order valence-corrected chi connectivity index (χ4v) is 3.42. The largest absolute Gasteiger partial charge is 0.497 e. The zero-order valence-electron chi connectivity index (χ0n) is 15.1. The lowest BCUT2D eigenvalue weighted by atomic mass is 10.2. The van der Waals surface area contributed by atoms with E-state index in [1.165, 1.54) is 32.4 Å². The highest BCUT2D eigenvalue weighted by molar-refractivity contribution is 7.89. The number of rotatable bonds is 6. The van der Waals surface area contributed by atoms with Crippen LogP contribution < -0.4 is 4.74 Å². The molecule has 2 aromatic carbocycles. The van der Waals surface area contributed by atoms with Gasteiger partial charge in [0.05, 0.1) is 19.1 Å². The smallest absolute Gasteiger partial charge is 0.355 e. The van der Waals surface area contributed by atoms with Crippen molar-refractivity contribution in [1.29, 1.82) is 0 Å². The average molecular weight is 375 g/mol. The number of carbonyl (C=O) groups is 1. The Morgan fingerprint density at radius 2 is 1.58 bits per heavy atom. The number of esters is 1. The molecule has 0 saturated heterocycles. The van der Waals surface area contributed by atoms with Gasteiger partial charge >= 0.3 is 5.97 Å². The lowest BCUT2D eigenvalue weighted by molar-refractivity contribution is -0.137. The second-order valence-corrected chi connectivity index (χ2v) is 7.55. The van der Waals surface area contributed by atoms with E-state index in [9.17, 15) is 13.2 Å². The molecule has 7 heteroatoms. The topological polar surface area (TPSA) is 72.9 Å². The first kappa shape index (κ1) is 19.5. The van der Waals surface area contributed by atoms with Crippen LogP contribution in [0.3, 0.4) is 0 Å². The molecule has 0 heterocycles. The van der Waals surface area contributed by atoms with Gasteiger partial charge in [-0.2, -0.15) is 0 Å². The molecule has 26 heavy (non-hydrogen) atoms. The molecule has 0 aliphatic rings. The van der Waals surface area contributed by atoms with Crippen molar-refractivity contribution in [3.8, 4) is 5.75 Å². The molecule has 0 spiro atoms. The van der Waals surface area contributed by atoms with Crippen molar-refractivity contribution in [1.82, 2.24) is 4.31 Å². The van der Waals surface area contributed by atoms with Crippen LogP contribution in [-0.2, 0) is 19.6 Å². The SMILES string of the molecule is COC(=O)/C(=C/c1ccc(OC)cc1)N(C)S(=O)(=O)c1ccc(C)cc1. The number of sulfonamides is 1. The number of aryl methyl sites for hydroxylation is 1. The predicted molar refractivity (Wildman–Crippen MR) is 99.1 cm³/mol. The molecule has 2 aromatic rings. The van der Waals surface area contributed by atoms with Gasteiger partial charge in [0.1, 0.15) is 11.4 Å². The summed E-state index contributed by atoms with van der Waals surface area (Å²) in [6.45, 7) is 1.86. The van der Waals surface area contributed by atoms with Crippen molar-refractivity contribution in [2.24, 2.45) is 0 Å². The Kier molecular flexibility index (Phi) is 6.05. The van der Waals surface area contributed by atoms with Gasteiger partial charge in [-0.05, 0) is 42.8 Å². The van der Waals surface area contributed by atoms with E-state index >= 15 is 0 Å². The Hall–Kier alpha value is -2.80. The third-order valence-corrected chi connectivity index (χ3v) is 5.62. The Morgan fingerprint density at radius 1 is 1.00 bits per heavy atom. The number of nitrogens with zero attached hydrogens (tertiary/aromatic N) is 1. The molecule has 138 valence electrons. The number of carbonyl (C=O) groups excluding carboxylic acids is 1. The lowest BCUT2D eigenvalue weighted by Crippen LogP contribution is -2.30. The van der Waals surface area contributed by atoms with Crippen molar-refractivity contribution in [2.75, 3.05) is 21.3 Å². The monoisotopic (exact) mass is 375 g/mol. The zero-order chi connectivity index (χ0) is 19.3. The van der Waals surface area contributed by atoms with Crippen LogP contribution in [0, 0.1) is 6.92 Å². The summed E-state index contributed by atoms with van der Waals surface area (Å²) in [6.07, 6.45) is 1.46. The first-order chi connectivity index (χ1) is 12.3. The zero-order valence-corrected chi connectivity index (χ0v) is 15.9. The number of likely N-dealkylation sites (N-methyl/N-ethyl adjacent to an activating group) is 1. The van der Waals surface area contributed by atoms with Crippen molar-refractivity contribution >= 4 is 22.1 Å². The molecule has 0 aliphatic heterocycles. The molecule has 0 bridgehead atoms. The van der Waals surface area contributed by atoms with E-state index in [0.717, 1.165) is 9.87 Å². The van der Waals surface area contributed by atoms with Crippen LogP contribution in [0.25, 0.3) is 6.08 Å². The minimum Gasteiger partial charge on any atom is -0.497 e. The molecule has 0 aliphatic carbocycles. The van der Waals surface area contributed by atoms with E-state index in [2.05, 4.69) is 0 Å². The third-order valence-electron chi connectivity index (χ3n) is 3.83. The molecule has 0 fully saturated rings. The molecule has 2 rings (SSSR count). The Labute approximate surface area is 153 Å². The van der Waals surface area contributed by atoms with Gasteiger partial charge in [0.15, 0.2) is 0 Å². The van der Waals surface area contributed by atoms with E-state index in [-0.39, 0.29) is 10.6 Å². The second-order valence-electron chi connectivity index (χ2n) is 5.58. The fourth-order valence-electron chi connectivity index (χ4n) is 2.24. The van der Waals surface area contributed by atoms with Crippen LogP contribution in [0.2, 0.25) is 0 Å². The highest BCUT2D eigenvalue weighted by atomic mass is 32.2. The maximum absolute atomic E-state index is 12.9. The van der Waals surface area contributed by atoms with Crippen LogP contribution in [0.5, 0.6) is 5.75 Å². The normalized spacial score (nSPS) is 11.8. The minimum atomic E-state index is -3.90. The van der Waals surface area contributed by atoms with Gasteiger partial charge in [0.2, 0.25) is 0 Å². The van der Waals surface area contributed by atoms with Crippen LogP contribution >= 0.6 is 0 Å². The van der Waals surface area contributed by atoms with Gasteiger partial charge in [-0.1, -0.05) is 29.8 Å². The maximum atomic E-state index is 12.9. The summed E-state index contributed by atoms with van der Waals surface area (Å²) >= 11 is 0. The summed E-state index contributed by atoms with van der Waals surface area (Å²) < 4.78 is 36.5. The van der Waals surface area contributed by atoms with Crippen molar-refractivity contribution in [2.45, 2.75) is 11.8 Å². The van der Waals surface area contributed by atoms with Gasteiger partial charge in [-0.15, -0.1) is 0 Å². The van der Waals surface area contributed by atoms with E-state index in [4.69, 9.17) is 9.47 Å². The molecular weight excluding hydrogens is 354 g/mol. The van der Waals surface area contributed by atoms with E-state index in [0.29, 0.717) is 11.3 Å². The number of methoxy groups -OCH3 is 2. The average Bonchev–Trinajstić information content (AvgIpc) is 2.65. The predicted octanol–water partition coefficient (Wildman–Crippen LogP) is 2.84. The van der Waals surface area contributed by atoms with E-state index in [1.54, 1.807) is 43.5 Å². The summed E-state index contributed by atoms with van der Waals surface area (Å²) in [7, 11) is 0.171. The lowest BCUT2D eigenvalue weighted by Gasteiger charge is -2.21.